The highest BCUT2D eigenvalue weighted by Gasteiger charge is 2.07. The van der Waals surface area contributed by atoms with Gasteiger partial charge in [0.15, 0.2) is 0 Å². The molecular formula is C22H28N4O3. The van der Waals surface area contributed by atoms with Gasteiger partial charge in [0.2, 0.25) is 11.8 Å². The number of carbonyl (C=O) groups is 3. The van der Waals surface area contributed by atoms with Gasteiger partial charge >= 0.3 is 0 Å². The first-order valence-corrected chi connectivity index (χ1v) is 9.59. The molecule has 0 atom stereocenters. The summed E-state index contributed by atoms with van der Waals surface area (Å²) in [4.78, 5) is 35.0. The van der Waals surface area contributed by atoms with Crippen molar-refractivity contribution in [3.05, 3.63) is 59.2 Å². The van der Waals surface area contributed by atoms with Crippen LogP contribution in [0.3, 0.4) is 0 Å². The maximum atomic E-state index is 12.2. The van der Waals surface area contributed by atoms with Crippen LogP contribution < -0.4 is 21.3 Å². The third-order valence-corrected chi connectivity index (χ3v) is 4.27. The van der Waals surface area contributed by atoms with Gasteiger partial charge in [0.25, 0.3) is 5.91 Å². The number of nitrogens with one attached hydrogen (secondary N) is 4. The first-order chi connectivity index (χ1) is 13.8. The topological polar surface area (TPSA) is 99.3 Å². The van der Waals surface area contributed by atoms with E-state index >= 15 is 0 Å². The highest BCUT2D eigenvalue weighted by molar-refractivity contribution is 5.96. The Balaban J connectivity index is 1.76. The smallest absolute Gasteiger partial charge is 0.251 e. The summed E-state index contributed by atoms with van der Waals surface area (Å²) in [6.45, 7) is 6.63. The average molecular weight is 396 g/mol. The van der Waals surface area contributed by atoms with Crippen LogP contribution in [0.15, 0.2) is 42.5 Å². The van der Waals surface area contributed by atoms with Gasteiger partial charge in [-0.2, -0.15) is 0 Å². The van der Waals surface area contributed by atoms with Gasteiger partial charge in [0.05, 0.1) is 6.54 Å². The molecule has 7 nitrogen and oxygen atoms in total. The summed E-state index contributed by atoms with van der Waals surface area (Å²) in [5.41, 5.74) is 4.33. The molecule has 0 spiro atoms. The van der Waals surface area contributed by atoms with E-state index in [4.69, 9.17) is 0 Å². The SMILES string of the molecule is CC(=O)NCCCNC(=O)c1ccc(NC(=O)CNc2ccc(C)cc2C)cc1. The molecule has 0 radical (unpaired) electrons. The highest BCUT2D eigenvalue weighted by Crippen LogP contribution is 2.16. The maximum Gasteiger partial charge on any atom is 0.251 e. The van der Waals surface area contributed by atoms with Gasteiger partial charge in [0, 0.05) is 37.0 Å². The van der Waals surface area contributed by atoms with E-state index in [9.17, 15) is 14.4 Å². The van der Waals surface area contributed by atoms with Crippen LogP contribution in [0.1, 0.15) is 34.8 Å². The molecule has 0 unspecified atom stereocenters. The second-order valence-electron chi connectivity index (χ2n) is 6.89. The number of carbonyl (C=O) groups excluding carboxylic acids is 3. The van der Waals surface area contributed by atoms with Gasteiger partial charge in [0.1, 0.15) is 0 Å². The van der Waals surface area contributed by atoms with Crippen LogP contribution in [-0.2, 0) is 9.59 Å². The number of benzene rings is 2. The van der Waals surface area contributed by atoms with Gasteiger partial charge in [-0.25, -0.2) is 0 Å². The van der Waals surface area contributed by atoms with E-state index in [1.54, 1.807) is 24.3 Å². The molecule has 0 heterocycles. The van der Waals surface area contributed by atoms with E-state index in [0.717, 1.165) is 11.3 Å². The summed E-state index contributed by atoms with van der Waals surface area (Å²) in [5, 5.41) is 11.4. The maximum absolute atomic E-state index is 12.2. The molecule has 0 aliphatic rings. The minimum absolute atomic E-state index is 0.0850. The number of hydrogen-bond donors (Lipinski definition) is 4. The first-order valence-electron chi connectivity index (χ1n) is 9.59. The Morgan fingerprint density at radius 3 is 2.24 bits per heavy atom. The quantitative estimate of drug-likeness (QED) is 0.490. The van der Waals surface area contributed by atoms with Gasteiger partial charge in [-0.05, 0) is 56.2 Å². The summed E-state index contributed by atoms with van der Waals surface area (Å²) < 4.78 is 0. The number of amides is 3. The predicted octanol–water partition coefficient (Wildman–Crippen LogP) is 2.61. The zero-order valence-electron chi connectivity index (χ0n) is 17.1. The lowest BCUT2D eigenvalue weighted by Gasteiger charge is -2.11. The third kappa shape index (κ3) is 7.65. The molecule has 2 aromatic rings. The molecule has 0 aliphatic carbocycles. The molecular weight excluding hydrogens is 368 g/mol. The lowest BCUT2D eigenvalue weighted by molar-refractivity contribution is -0.119. The van der Waals surface area contributed by atoms with E-state index in [1.807, 2.05) is 26.0 Å². The van der Waals surface area contributed by atoms with Crippen LogP contribution in [0.4, 0.5) is 11.4 Å². The fourth-order valence-electron chi connectivity index (χ4n) is 2.75. The second kappa shape index (κ2) is 10.8. The van der Waals surface area contributed by atoms with Crippen LogP contribution >= 0.6 is 0 Å². The number of rotatable bonds is 9. The Hall–Kier alpha value is -3.35. The van der Waals surface area contributed by atoms with Crippen LogP contribution in [0, 0.1) is 13.8 Å². The van der Waals surface area contributed by atoms with E-state index in [0.29, 0.717) is 30.8 Å². The van der Waals surface area contributed by atoms with Crippen LogP contribution in [0.25, 0.3) is 0 Å². The molecule has 154 valence electrons. The summed E-state index contributed by atoms with van der Waals surface area (Å²) in [7, 11) is 0. The summed E-state index contributed by atoms with van der Waals surface area (Å²) >= 11 is 0. The summed E-state index contributed by atoms with van der Waals surface area (Å²) in [5.74, 6) is -0.444. The summed E-state index contributed by atoms with van der Waals surface area (Å²) in [6.07, 6.45) is 0.660. The Kier molecular flexibility index (Phi) is 8.21. The number of anilines is 2. The van der Waals surface area contributed by atoms with E-state index < -0.39 is 0 Å². The van der Waals surface area contributed by atoms with Gasteiger partial charge in [-0.1, -0.05) is 17.7 Å². The lowest BCUT2D eigenvalue weighted by Crippen LogP contribution is -2.28. The van der Waals surface area contributed by atoms with Gasteiger partial charge < -0.3 is 21.3 Å². The molecule has 0 saturated carbocycles. The molecule has 0 aromatic heterocycles. The molecule has 29 heavy (non-hydrogen) atoms. The van der Waals surface area contributed by atoms with Crippen LogP contribution in [0.2, 0.25) is 0 Å². The second-order valence-corrected chi connectivity index (χ2v) is 6.89. The van der Waals surface area contributed by atoms with Crippen LogP contribution in [-0.4, -0.2) is 37.4 Å². The third-order valence-electron chi connectivity index (χ3n) is 4.27. The zero-order valence-corrected chi connectivity index (χ0v) is 17.1. The Labute approximate surface area is 171 Å². The van der Waals surface area contributed by atoms with Crippen molar-refractivity contribution < 1.29 is 14.4 Å². The average Bonchev–Trinajstić information content (AvgIpc) is 2.67. The molecule has 3 amide bonds. The molecule has 0 aliphatic heterocycles. The molecule has 4 N–H and O–H groups in total. The van der Waals surface area contributed by atoms with Gasteiger partial charge in [-0.3, -0.25) is 14.4 Å². The van der Waals surface area contributed by atoms with Crippen molar-refractivity contribution in [2.45, 2.75) is 27.2 Å². The zero-order chi connectivity index (χ0) is 21.2. The predicted molar refractivity (Wildman–Crippen MR) is 115 cm³/mol. The monoisotopic (exact) mass is 396 g/mol. The Bertz CT molecular complexity index is 863. The fraction of sp³-hybridized carbons (Fsp3) is 0.318. The van der Waals surface area contributed by atoms with Crippen molar-refractivity contribution in [1.82, 2.24) is 10.6 Å². The molecule has 7 heteroatoms. The molecule has 2 rings (SSSR count). The molecule has 2 aromatic carbocycles. The van der Waals surface area contributed by atoms with E-state index in [1.165, 1.54) is 12.5 Å². The molecule has 0 bridgehead atoms. The number of aryl methyl sites for hydroxylation is 2. The molecule has 0 fully saturated rings. The minimum Gasteiger partial charge on any atom is -0.376 e. The van der Waals surface area contributed by atoms with Crippen molar-refractivity contribution in [1.29, 1.82) is 0 Å². The number of hydrogen-bond acceptors (Lipinski definition) is 4. The molecule has 0 saturated heterocycles. The first kappa shape index (κ1) is 21.9. The van der Waals surface area contributed by atoms with Crippen LogP contribution in [0.5, 0.6) is 0 Å². The lowest BCUT2D eigenvalue weighted by atomic mass is 10.1. The van der Waals surface area contributed by atoms with E-state index in [2.05, 4.69) is 27.3 Å². The normalized spacial score (nSPS) is 10.2. The van der Waals surface area contributed by atoms with Crippen molar-refractivity contribution in [2.24, 2.45) is 0 Å². The van der Waals surface area contributed by atoms with Crippen molar-refractivity contribution >= 4 is 29.1 Å². The highest BCUT2D eigenvalue weighted by atomic mass is 16.2. The van der Waals surface area contributed by atoms with Gasteiger partial charge in [-0.15, -0.1) is 0 Å². The Morgan fingerprint density at radius 2 is 1.59 bits per heavy atom. The Morgan fingerprint density at radius 1 is 0.897 bits per heavy atom. The fourth-order valence-corrected chi connectivity index (χ4v) is 2.75. The van der Waals surface area contributed by atoms with Crippen molar-refractivity contribution in [2.75, 3.05) is 30.3 Å². The van der Waals surface area contributed by atoms with Crippen molar-refractivity contribution in [3.63, 3.8) is 0 Å². The van der Waals surface area contributed by atoms with E-state index in [-0.39, 0.29) is 24.3 Å². The summed E-state index contributed by atoms with van der Waals surface area (Å²) in [6, 6.07) is 12.7. The van der Waals surface area contributed by atoms with Crippen molar-refractivity contribution in [3.8, 4) is 0 Å². The standard InChI is InChI=1S/C22H28N4O3/c1-15-5-10-20(16(2)13-15)25-14-21(28)26-19-8-6-18(7-9-19)22(29)24-12-4-11-23-17(3)27/h5-10,13,25H,4,11-12,14H2,1-3H3,(H,23,27)(H,24,29)(H,26,28). The largest absolute Gasteiger partial charge is 0.376 e. The minimum atomic E-state index is -0.192.